The number of hydrogen-bond acceptors (Lipinski definition) is 14. The van der Waals surface area contributed by atoms with Gasteiger partial charge in [-0.2, -0.15) is 0 Å². The summed E-state index contributed by atoms with van der Waals surface area (Å²) in [5.74, 6) is -3.49. The van der Waals surface area contributed by atoms with Gasteiger partial charge < -0.3 is 29.3 Å². The molecule has 2 fully saturated rings. The van der Waals surface area contributed by atoms with Crippen molar-refractivity contribution in [2.75, 3.05) is 81.9 Å². The number of thiazole rings is 1. The molecule has 9 rings (SSSR count). The van der Waals surface area contributed by atoms with Crippen LogP contribution in [-0.4, -0.2) is 128 Å². The van der Waals surface area contributed by atoms with Gasteiger partial charge in [0.15, 0.2) is 11.9 Å². The van der Waals surface area contributed by atoms with Crippen molar-refractivity contribution in [2.45, 2.75) is 31.5 Å². The predicted molar refractivity (Wildman–Crippen MR) is 245 cm³/mol. The first-order chi connectivity index (χ1) is 32.6. The van der Waals surface area contributed by atoms with Crippen molar-refractivity contribution in [3.63, 3.8) is 0 Å². The Morgan fingerprint density at radius 1 is 0.910 bits per heavy atom. The first-order valence-electron chi connectivity index (χ1n) is 21.9. The van der Waals surface area contributed by atoms with Gasteiger partial charge in [0.05, 0.1) is 24.3 Å². The molecule has 5 heterocycles. The van der Waals surface area contributed by atoms with Crippen LogP contribution in [0.15, 0.2) is 90.4 Å². The molecule has 5 aromatic rings. The number of benzene rings is 4. The van der Waals surface area contributed by atoms with Crippen molar-refractivity contribution in [2.24, 2.45) is 0 Å². The van der Waals surface area contributed by atoms with E-state index in [0.29, 0.717) is 36.1 Å². The molecule has 0 spiro atoms. The molecule has 2 unspecified atom stereocenters. The number of carbonyl (C=O) groups excluding carboxylic acids is 6. The number of piperazine rings is 1. The van der Waals surface area contributed by atoms with E-state index < -0.39 is 47.4 Å². The third kappa shape index (κ3) is 9.48. The van der Waals surface area contributed by atoms with E-state index in [1.807, 2.05) is 30.3 Å². The number of rotatable bonds is 17. The van der Waals surface area contributed by atoms with Gasteiger partial charge in [0, 0.05) is 93.4 Å². The SMILES string of the molecule is COCOc1ccc(F)cc1C(C(=O)Nc1nccs1)N1Cc2ccc(-c3ccc(N4CCN(CCOCCNc5cccc6c5C(=O)N(C5CCC(=O)NC5=O)C6=O)CC4)cc3)cc2C1=O. The van der Waals surface area contributed by atoms with Crippen LogP contribution in [0.5, 0.6) is 5.75 Å². The minimum atomic E-state index is -1.24. The van der Waals surface area contributed by atoms with Gasteiger partial charge in [-0.3, -0.25) is 49.2 Å². The minimum absolute atomic E-state index is 0.0557. The molecule has 19 heteroatoms. The van der Waals surface area contributed by atoms with Gasteiger partial charge in [0.1, 0.15) is 23.7 Å². The number of hydrogen-bond donors (Lipinski definition) is 3. The molecular weight excluding hydrogens is 884 g/mol. The molecule has 346 valence electrons. The first kappa shape index (κ1) is 45.1. The van der Waals surface area contributed by atoms with Crippen molar-refractivity contribution in [3.8, 4) is 16.9 Å². The number of piperidine rings is 1. The van der Waals surface area contributed by atoms with E-state index in [4.69, 9.17) is 14.2 Å². The van der Waals surface area contributed by atoms with Gasteiger partial charge in [0.2, 0.25) is 11.8 Å². The Labute approximate surface area is 388 Å². The quantitative estimate of drug-likeness (QED) is 0.0648. The maximum Gasteiger partial charge on any atom is 0.264 e. The van der Waals surface area contributed by atoms with Gasteiger partial charge in [-0.15, -0.1) is 11.3 Å². The molecule has 17 nitrogen and oxygen atoms in total. The molecule has 4 aliphatic heterocycles. The summed E-state index contributed by atoms with van der Waals surface area (Å²) in [6.45, 7) is 5.37. The molecule has 6 amide bonds. The third-order valence-corrected chi connectivity index (χ3v) is 13.0. The average Bonchev–Trinajstić information content (AvgIpc) is 4.03. The van der Waals surface area contributed by atoms with Crippen LogP contribution in [0.4, 0.5) is 20.9 Å². The van der Waals surface area contributed by atoms with Crippen LogP contribution in [0.25, 0.3) is 11.1 Å². The van der Waals surface area contributed by atoms with Crippen LogP contribution in [0.1, 0.15) is 61.1 Å². The molecule has 0 radical (unpaired) electrons. The molecule has 1 aromatic heterocycles. The number of aromatic nitrogens is 1. The highest BCUT2D eigenvalue weighted by molar-refractivity contribution is 7.13. The van der Waals surface area contributed by atoms with Gasteiger partial charge in [-0.25, -0.2) is 9.37 Å². The summed E-state index contributed by atoms with van der Waals surface area (Å²) < 4.78 is 31.5. The van der Waals surface area contributed by atoms with E-state index in [1.165, 1.54) is 41.5 Å². The number of nitrogens with one attached hydrogen (secondary N) is 3. The van der Waals surface area contributed by atoms with Gasteiger partial charge in [0.25, 0.3) is 23.6 Å². The molecule has 2 atom stereocenters. The Hall–Kier alpha value is -7.06. The summed E-state index contributed by atoms with van der Waals surface area (Å²) in [7, 11) is 1.45. The lowest BCUT2D eigenvalue weighted by Crippen LogP contribution is -2.54. The Morgan fingerprint density at radius 3 is 2.48 bits per heavy atom. The second-order valence-electron chi connectivity index (χ2n) is 16.4. The fourth-order valence-corrected chi connectivity index (χ4v) is 9.45. The lowest BCUT2D eigenvalue weighted by molar-refractivity contribution is -0.136. The topological polar surface area (TPSA) is 192 Å². The number of anilines is 3. The fraction of sp³-hybridized carbons (Fsp3) is 0.312. The number of imide groups is 2. The molecule has 3 N–H and O–H groups in total. The van der Waals surface area contributed by atoms with Crippen molar-refractivity contribution in [1.82, 2.24) is 25.0 Å². The summed E-state index contributed by atoms with van der Waals surface area (Å²) in [6.07, 6.45) is 1.70. The summed E-state index contributed by atoms with van der Waals surface area (Å²) in [4.78, 5) is 89.9. The number of methoxy groups -OCH3 is 1. The molecular formula is C48H47FN8O9S. The molecule has 4 aliphatic rings. The average molecular weight is 931 g/mol. The van der Waals surface area contributed by atoms with E-state index in [2.05, 4.69) is 42.9 Å². The molecule has 0 bridgehead atoms. The zero-order valence-electron chi connectivity index (χ0n) is 36.5. The van der Waals surface area contributed by atoms with Crippen LogP contribution in [-0.2, 0) is 30.4 Å². The van der Waals surface area contributed by atoms with E-state index in [1.54, 1.807) is 29.8 Å². The maximum atomic E-state index is 14.8. The summed E-state index contributed by atoms with van der Waals surface area (Å²) in [5.41, 5.74) is 5.13. The first-order valence-corrected chi connectivity index (χ1v) is 22.7. The number of amides is 6. The summed E-state index contributed by atoms with van der Waals surface area (Å²) >= 11 is 1.23. The van der Waals surface area contributed by atoms with E-state index in [9.17, 15) is 33.2 Å². The fourth-order valence-electron chi connectivity index (χ4n) is 8.92. The molecule has 2 saturated heterocycles. The van der Waals surface area contributed by atoms with Crippen LogP contribution in [0.2, 0.25) is 0 Å². The van der Waals surface area contributed by atoms with Crippen molar-refractivity contribution in [3.05, 3.63) is 124 Å². The largest absolute Gasteiger partial charge is 0.467 e. The Morgan fingerprint density at radius 2 is 1.72 bits per heavy atom. The van der Waals surface area contributed by atoms with Gasteiger partial charge in [-0.05, 0) is 71.6 Å². The predicted octanol–water partition coefficient (Wildman–Crippen LogP) is 4.92. The highest BCUT2D eigenvalue weighted by atomic mass is 32.1. The Bertz CT molecular complexity index is 2710. The van der Waals surface area contributed by atoms with E-state index >= 15 is 0 Å². The van der Waals surface area contributed by atoms with Crippen LogP contribution in [0.3, 0.4) is 0 Å². The highest BCUT2D eigenvalue weighted by Crippen LogP contribution is 2.39. The minimum Gasteiger partial charge on any atom is -0.467 e. The number of ether oxygens (including phenoxy) is 3. The number of fused-ring (bicyclic) bond motifs is 2. The standard InChI is InChI=1S/C48H47FN8O9S/c1-64-28-66-39-13-9-32(49)26-36(39)42(44(60)53-48-51-16-24-67-48)56-27-31-6-5-30(25-35(31)45(56)61)29-7-10-33(11-8-29)55-19-17-54(18-20-55)21-23-65-22-15-50-37-4-2-3-34-41(37)47(63)57(46(34)62)38-12-14-40(58)52-43(38)59/h2-11,13,16,24-26,38,42,50H,12,14-15,17-23,27-28H2,1H3,(H,51,53,60)(H,52,58,59). The van der Waals surface area contributed by atoms with Crippen LogP contribution >= 0.6 is 11.3 Å². The normalized spacial score (nSPS) is 17.7. The zero-order valence-corrected chi connectivity index (χ0v) is 37.3. The zero-order chi connectivity index (χ0) is 46.6. The Balaban J connectivity index is 0.760. The van der Waals surface area contributed by atoms with Gasteiger partial charge >= 0.3 is 0 Å². The van der Waals surface area contributed by atoms with E-state index in [0.717, 1.165) is 60.0 Å². The van der Waals surface area contributed by atoms with E-state index in [-0.39, 0.29) is 54.5 Å². The molecule has 0 saturated carbocycles. The van der Waals surface area contributed by atoms with Crippen LogP contribution in [0, 0.1) is 5.82 Å². The van der Waals surface area contributed by atoms with Gasteiger partial charge in [-0.1, -0.05) is 30.3 Å². The lowest BCUT2D eigenvalue weighted by Gasteiger charge is -2.36. The van der Waals surface area contributed by atoms with Crippen LogP contribution < -0.4 is 25.6 Å². The number of carbonyl (C=O) groups is 6. The van der Waals surface area contributed by atoms with Crippen molar-refractivity contribution >= 4 is 63.3 Å². The molecule has 67 heavy (non-hydrogen) atoms. The third-order valence-electron chi connectivity index (χ3n) is 12.3. The summed E-state index contributed by atoms with van der Waals surface area (Å²) in [5, 5.41) is 10.3. The van der Waals surface area contributed by atoms with Crippen molar-refractivity contribution < 1.29 is 47.4 Å². The summed E-state index contributed by atoms with van der Waals surface area (Å²) in [6, 6.07) is 20.4. The highest BCUT2D eigenvalue weighted by Gasteiger charge is 2.46. The smallest absolute Gasteiger partial charge is 0.264 e. The second kappa shape index (κ2) is 19.8. The lowest BCUT2D eigenvalue weighted by atomic mass is 10.00. The molecule has 0 aliphatic carbocycles. The maximum absolute atomic E-state index is 14.8. The number of halogens is 1. The number of nitrogens with zero attached hydrogens (tertiary/aromatic N) is 5. The monoisotopic (exact) mass is 930 g/mol. The molecule has 4 aromatic carbocycles. The second-order valence-corrected chi connectivity index (χ2v) is 17.3. The Kier molecular flexibility index (Phi) is 13.3. The van der Waals surface area contributed by atoms with Crippen molar-refractivity contribution in [1.29, 1.82) is 0 Å².